The Morgan fingerprint density at radius 1 is 1.44 bits per heavy atom. The Balaban J connectivity index is 2.25. The molecular weight excluding hydrogens is 250 g/mol. The number of thiocarbonyl (C=S) groups is 1. The molecule has 0 radical (unpaired) electrons. The lowest BCUT2D eigenvalue weighted by molar-refractivity contribution is 0.0705. The molecule has 1 rings (SSSR count). The van der Waals surface area contributed by atoms with Crippen LogP contribution in [0.5, 0.6) is 0 Å². The Morgan fingerprint density at radius 2 is 2.28 bits per heavy atom. The first-order chi connectivity index (χ1) is 8.75. The minimum Gasteiger partial charge on any atom is -0.389 e. The highest BCUT2D eigenvalue weighted by Gasteiger charge is 2.03. The van der Waals surface area contributed by atoms with E-state index in [0.717, 1.165) is 24.2 Å². The van der Waals surface area contributed by atoms with Crippen molar-refractivity contribution < 1.29 is 9.47 Å². The van der Waals surface area contributed by atoms with E-state index >= 15 is 0 Å². The number of rotatable bonds is 9. The number of nitrogens with zero attached hydrogens (tertiary/aromatic N) is 1. The van der Waals surface area contributed by atoms with Crippen LogP contribution in [0, 0.1) is 0 Å². The van der Waals surface area contributed by atoms with Gasteiger partial charge >= 0.3 is 0 Å². The van der Waals surface area contributed by atoms with E-state index in [2.05, 4.69) is 10.3 Å². The third-order valence-corrected chi connectivity index (χ3v) is 2.52. The van der Waals surface area contributed by atoms with Crippen LogP contribution in [0.2, 0.25) is 0 Å². The molecule has 0 saturated heterocycles. The van der Waals surface area contributed by atoms with Gasteiger partial charge in [-0.3, -0.25) is 4.98 Å². The van der Waals surface area contributed by atoms with E-state index in [0.29, 0.717) is 24.8 Å². The molecular formula is C12H19N3O2S. The Morgan fingerprint density at radius 3 is 3.00 bits per heavy atom. The molecule has 0 atom stereocenters. The van der Waals surface area contributed by atoms with Crippen molar-refractivity contribution in [3.05, 3.63) is 24.0 Å². The number of hydrogen-bond donors (Lipinski definition) is 2. The van der Waals surface area contributed by atoms with Crippen LogP contribution >= 0.6 is 12.2 Å². The zero-order chi connectivity index (χ0) is 13.2. The van der Waals surface area contributed by atoms with Gasteiger partial charge < -0.3 is 20.5 Å². The van der Waals surface area contributed by atoms with Crippen molar-refractivity contribution >= 4 is 22.9 Å². The van der Waals surface area contributed by atoms with E-state index in [9.17, 15) is 0 Å². The average molecular weight is 269 g/mol. The third kappa shape index (κ3) is 5.39. The van der Waals surface area contributed by atoms with Crippen molar-refractivity contribution in [2.75, 3.05) is 38.8 Å². The van der Waals surface area contributed by atoms with Crippen molar-refractivity contribution in [3.63, 3.8) is 0 Å². The Bertz CT molecular complexity index is 374. The van der Waals surface area contributed by atoms with Gasteiger partial charge in [-0.05, 0) is 12.5 Å². The molecule has 0 aliphatic carbocycles. The molecule has 3 N–H and O–H groups in total. The van der Waals surface area contributed by atoms with E-state index in [1.807, 2.05) is 0 Å². The number of methoxy groups -OCH3 is 1. The van der Waals surface area contributed by atoms with Gasteiger partial charge in [0, 0.05) is 32.0 Å². The summed E-state index contributed by atoms with van der Waals surface area (Å²) >= 11 is 4.97. The highest BCUT2D eigenvalue weighted by molar-refractivity contribution is 7.80. The number of aromatic nitrogens is 1. The molecule has 1 heterocycles. The molecule has 0 aliphatic rings. The van der Waals surface area contributed by atoms with Gasteiger partial charge in [-0.2, -0.15) is 0 Å². The van der Waals surface area contributed by atoms with Crippen molar-refractivity contribution in [1.29, 1.82) is 0 Å². The first-order valence-electron chi connectivity index (χ1n) is 5.80. The maximum Gasteiger partial charge on any atom is 0.106 e. The topological polar surface area (TPSA) is 69.4 Å². The normalized spacial score (nSPS) is 10.3. The van der Waals surface area contributed by atoms with Crippen LogP contribution in [-0.2, 0) is 9.47 Å². The quantitative estimate of drug-likeness (QED) is 0.518. The highest BCUT2D eigenvalue weighted by atomic mass is 32.1. The summed E-state index contributed by atoms with van der Waals surface area (Å²) in [5.41, 5.74) is 7.31. The SMILES string of the molecule is COCCOCCCNc1cnccc1C(N)=S. The maximum atomic E-state index is 5.62. The predicted molar refractivity (Wildman–Crippen MR) is 75.9 cm³/mol. The summed E-state index contributed by atoms with van der Waals surface area (Å²) in [4.78, 5) is 4.41. The summed E-state index contributed by atoms with van der Waals surface area (Å²) in [6.45, 7) is 2.73. The lowest BCUT2D eigenvalue weighted by atomic mass is 10.2. The molecule has 0 aromatic carbocycles. The van der Waals surface area contributed by atoms with E-state index in [1.165, 1.54) is 0 Å². The molecule has 1 aromatic heterocycles. The average Bonchev–Trinajstić information content (AvgIpc) is 2.38. The van der Waals surface area contributed by atoms with Gasteiger partial charge in [-0.15, -0.1) is 0 Å². The number of hydrogen-bond acceptors (Lipinski definition) is 5. The molecule has 0 amide bonds. The molecule has 6 heteroatoms. The fourth-order valence-corrected chi connectivity index (χ4v) is 1.57. The summed E-state index contributed by atoms with van der Waals surface area (Å²) in [7, 11) is 1.66. The van der Waals surface area contributed by atoms with Crippen molar-refractivity contribution in [2.24, 2.45) is 5.73 Å². The molecule has 1 aromatic rings. The van der Waals surface area contributed by atoms with Crippen LogP contribution in [0.25, 0.3) is 0 Å². The molecule has 0 fully saturated rings. The second-order valence-electron chi connectivity index (χ2n) is 3.67. The van der Waals surface area contributed by atoms with Gasteiger partial charge in [0.2, 0.25) is 0 Å². The molecule has 0 aliphatic heterocycles. The number of ether oxygens (including phenoxy) is 2. The molecule has 0 unspecified atom stereocenters. The molecule has 5 nitrogen and oxygen atoms in total. The zero-order valence-electron chi connectivity index (χ0n) is 10.5. The smallest absolute Gasteiger partial charge is 0.106 e. The number of nitrogens with one attached hydrogen (secondary N) is 1. The standard InChI is InChI=1S/C12H19N3O2S/c1-16-7-8-17-6-2-4-15-11-9-14-5-3-10(11)12(13)18/h3,5,9,15H,2,4,6-8H2,1H3,(H2,13,18). The van der Waals surface area contributed by atoms with Gasteiger partial charge in [0.25, 0.3) is 0 Å². The summed E-state index contributed by atoms with van der Waals surface area (Å²) < 4.78 is 10.2. The zero-order valence-corrected chi connectivity index (χ0v) is 11.3. The second kappa shape index (κ2) is 8.79. The van der Waals surface area contributed by atoms with E-state index in [-0.39, 0.29) is 0 Å². The van der Waals surface area contributed by atoms with Crippen LogP contribution in [0.1, 0.15) is 12.0 Å². The van der Waals surface area contributed by atoms with Crippen molar-refractivity contribution in [2.45, 2.75) is 6.42 Å². The summed E-state index contributed by atoms with van der Waals surface area (Å²) in [5, 5.41) is 3.24. The van der Waals surface area contributed by atoms with Gasteiger partial charge in [0.15, 0.2) is 0 Å². The Hall–Kier alpha value is -1.24. The minimum absolute atomic E-state index is 0.372. The predicted octanol–water partition coefficient (Wildman–Crippen LogP) is 1.18. The van der Waals surface area contributed by atoms with Crippen LogP contribution in [-0.4, -0.2) is 43.4 Å². The number of nitrogens with two attached hydrogens (primary N) is 1. The van der Waals surface area contributed by atoms with Gasteiger partial charge in [-0.25, -0.2) is 0 Å². The Kier molecular flexibility index (Phi) is 7.24. The molecule has 0 saturated carbocycles. The number of pyridine rings is 1. The molecule has 0 bridgehead atoms. The number of anilines is 1. The van der Waals surface area contributed by atoms with Crippen molar-refractivity contribution in [1.82, 2.24) is 4.98 Å². The van der Waals surface area contributed by atoms with E-state index in [4.69, 9.17) is 27.4 Å². The van der Waals surface area contributed by atoms with Gasteiger partial charge in [-0.1, -0.05) is 12.2 Å². The minimum atomic E-state index is 0.372. The summed E-state index contributed by atoms with van der Waals surface area (Å²) in [6.07, 6.45) is 4.29. The fourth-order valence-electron chi connectivity index (χ4n) is 1.39. The maximum absolute atomic E-state index is 5.62. The molecule has 0 spiro atoms. The van der Waals surface area contributed by atoms with Crippen LogP contribution in [0.3, 0.4) is 0 Å². The largest absolute Gasteiger partial charge is 0.389 e. The van der Waals surface area contributed by atoms with Crippen LogP contribution in [0.4, 0.5) is 5.69 Å². The fraction of sp³-hybridized carbons (Fsp3) is 0.500. The van der Waals surface area contributed by atoms with Crippen LogP contribution < -0.4 is 11.1 Å². The second-order valence-corrected chi connectivity index (χ2v) is 4.11. The lowest BCUT2D eigenvalue weighted by Gasteiger charge is -2.10. The van der Waals surface area contributed by atoms with Crippen molar-refractivity contribution in [3.8, 4) is 0 Å². The molecule has 18 heavy (non-hydrogen) atoms. The molecule has 100 valence electrons. The van der Waals surface area contributed by atoms with Gasteiger partial charge in [0.1, 0.15) is 4.99 Å². The summed E-state index contributed by atoms with van der Waals surface area (Å²) in [6, 6.07) is 1.81. The lowest BCUT2D eigenvalue weighted by Crippen LogP contribution is -2.15. The van der Waals surface area contributed by atoms with E-state index in [1.54, 1.807) is 25.6 Å². The monoisotopic (exact) mass is 269 g/mol. The van der Waals surface area contributed by atoms with E-state index < -0.39 is 0 Å². The summed E-state index contributed by atoms with van der Waals surface area (Å²) in [5.74, 6) is 0. The first-order valence-corrected chi connectivity index (χ1v) is 6.21. The van der Waals surface area contributed by atoms with Crippen LogP contribution in [0.15, 0.2) is 18.5 Å². The Labute approximate surface area is 113 Å². The highest BCUT2D eigenvalue weighted by Crippen LogP contribution is 2.12. The first kappa shape index (κ1) is 14.8. The van der Waals surface area contributed by atoms with Gasteiger partial charge in [0.05, 0.1) is 25.1 Å². The third-order valence-electron chi connectivity index (χ3n) is 2.30.